The van der Waals surface area contributed by atoms with E-state index < -0.39 is 51.4 Å². The third kappa shape index (κ3) is 9.27. The lowest BCUT2D eigenvalue weighted by atomic mass is 10.0. The number of halogens is 3. The number of carbonyl (C=O) groups is 3. The van der Waals surface area contributed by atoms with E-state index in [1.807, 2.05) is 0 Å². The SMILES string of the molecule is CC(N)C(=O)NCCCC(=O)OC(c1ccc(S(C)(=O)=O)cc1)C(CF)NC(=O)C(Cl)Cl. The third-order valence-electron chi connectivity index (χ3n) is 4.22. The van der Waals surface area contributed by atoms with E-state index in [-0.39, 0.29) is 35.8 Å². The minimum atomic E-state index is -3.48. The second-order valence-corrected chi connectivity index (χ2v) is 10.1. The maximum absolute atomic E-state index is 13.8. The third-order valence-corrected chi connectivity index (χ3v) is 5.75. The molecule has 4 N–H and O–H groups in total. The molecule has 0 saturated carbocycles. The van der Waals surface area contributed by atoms with Crippen molar-refractivity contribution in [2.75, 3.05) is 19.5 Å². The number of amides is 2. The van der Waals surface area contributed by atoms with E-state index >= 15 is 0 Å². The summed E-state index contributed by atoms with van der Waals surface area (Å²) in [6.07, 6.45) is -0.141. The van der Waals surface area contributed by atoms with Crippen molar-refractivity contribution in [1.29, 1.82) is 0 Å². The van der Waals surface area contributed by atoms with Gasteiger partial charge in [0.1, 0.15) is 12.8 Å². The molecule has 1 aromatic rings. The van der Waals surface area contributed by atoms with Crippen molar-refractivity contribution in [3.63, 3.8) is 0 Å². The molecule has 0 aliphatic heterocycles. The Kier molecular flexibility index (Phi) is 11.3. The molecule has 1 aromatic carbocycles. The van der Waals surface area contributed by atoms with E-state index in [1.165, 1.54) is 31.2 Å². The van der Waals surface area contributed by atoms with Crippen molar-refractivity contribution < 1.29 is 31.9 Å². The summed E-state index contributed by atoms with van der Waals surface area (Å²) in [4.78, 5) is 34.1. The average molecular weight is 514 g/mol. The normalized spacial score (nSPS) is 14.3. The molecule has 32 heavy (non-hydrogen) atoms. The number of alkyl halides is 3. The fourth-order valence-electron chi connectivity index (χ4n) is 2.53. The summed E-state index contributed by atoms with van der Waals surface area (Å²) in [6.45, 7) is 0.565. The quantitative estimate of drug-likeness (QED) is 0.216. The Bertz CT molecular complexity index is 897. The van der Waals surface area contributed by atoms with Gasteiger partial charge in [-0.3, -0.25) is 14.4 Å². The van der Waals surface area contributed by atoms with Crippen LogP contribution in [0.25, 0.3) is 0 Å². The lowest BCUT2D eigenvalue weighted by Crippen LogP contribution is -2.44. The molecule has 180 valence electrons. The molecule has 1 rings (SSSR count). The van der Waals surface area contributed by atoms with Crippen molar-refractivity contribution >= 4 is 50.8 Å². The van der Waals surface area contributed by atoms with Crippen molar-refractivity contribution in [2.24, 2.45) is 5.73 Å². The molecular formula is C19H26Cl2FN3O6S. The summed E-state index contributed by atoms with van der Waals surface area (Å²) in [6, 6.07) is 3.24. The Balaban J connectivity index is 2.98. The Labute approximate surface area is 196 Å². The first-order valence-electron chi connectivity index (χ1n) is 9.54. The molecule has 0 fully saturated rings. The van der Waals surface area contributed by atoms with Gasteiger partial charge in [-0.05, 0) is 31.0 Å². The highest BCUT2D eigenvalue weighted by molar-refractivity contribution is 7.90. The van der Waals surface area contributed by atoms with Crippen LogP contribution in [0.1, 0.15) is 31.4 Å². The molecule has 0 spiro atoms. The Morgan fingerprint density at radius 1 is 1.16 bits per heavy atom. The van der Waals surface area contributed by atoms with Crippen LogP contribution in [-0.2, 0) is 29.0 Å². The molecule has 0 aromatic heterocycles. The lowest BCUT2D eigenvalue weighted by molar-refractivity contribution is -0.152. The number of carbonyl (C=O) groups excluding carboxylic acids is 3. The Morgan fingerprint density at radius 2 is 1.75 bits per heavy atom. The number of nitrogens with two attached hydrogens (primary N) is 1. The second kappa shape index (κ2) is 12.9. The van der Waals surface area contributed by atoms with E-state index in [0.29, 0.717) is 0 Å². The van der Waals surface area contributed by atoms with E-state index in [1.54, 1.807) is 0 Å². The van der Waals surface area contributed by atoms with E-state index in [2.05, 4.69) is 10.6 Å². The van der Waals surface area contributed by atoms with Crippen LogP contribution in [0.4, 0.5) is 4.39 Å². The Morgan fingerprint density at radius 3 is 2.22 bits per heavy atom. The molecule has 0 bridgehead atoms. The number of esters is 1. The predicted octanol–water partition coefficient (Wildman–Crippen LogP) is 1.18. The number of sulfone groups is 1. The summed E-state index contributed by atoms with van der Waals surface area (Å²) in [5.41, 5.74) is 5.67. The molecule has 13 heteroatoms. The summed E-state index contributed by atoms with van der Waals surface area (Å²) in [5, 5.41) is 4.81. The van der Waals surface area contributed by atoms with Gasteiger partial charge in [0, 0.05) is 19.2 Å². The van der Waals surface area contributed by atoms with Gasteiger partial charge in [-0.25, -0.2) is 12.8 Å². The van der Waals surface area contributed by atoms with Gasteiger partial charge in [0.2, 0.25) is 5.91 Å². The summed E-state index contributed by atoms with van der Waals surface area (Å²) >= 11 is 11.0. The monoisotopic (exact) mass is 513 g/mol. The first-order chi connectivity index (χ1) is 14.9. The molecule has 0 saturated heterocycles. The maximum atomic E-state index is 13.8. The van der Waals surface area contributed by atoms with Crippen LogP contribution in [0.15, 0.2) is 29.2 Å². The maximum Gasteiger partial charge on any atom is 0.306 e. The van der Waals surface area contributed by atoms with Gasteiger partial charge in [0.05, 0.1) is 17.0 Å². The van der Waals surface area contributed by atoms with Crippen LogP contribution in [0.5, 0.6) is 0 Å². The smallest absolute Gasteiger partial charge is 0.306 e. The molecule has 0 aliphatic rings. The average Bonchev–Trinajstić information content (AvgIpc) is 2.72. The van der Waals surface area contributed by atoms with Crippen LogP contribution in [0.2, 0.25) is 0 Å². The molecule has 0 aliphatic carbocycles. The zero-order valence-corrected chi connectivity index (χ0v) is 19.8. The van der Waals surface area contributed by atoms with Gasteiger partial charge < -0.3 is 21.1 Å². The molecule has 0 heterocycles. The number of rotatable bonds is 12. The van der Waals surface area contributed by atoms with Gasteiger partial charge in [0.15, 0.2) is 14.7 Å². The fraction of sp³-hybridized carbons (Fsp3) is 0.526. The van der Waals surface area contributed by atoms with E-state index in [9.17, 15) is 27.2 Å². The number of ether oxygens (including phenoxy) is 1. The van der Waals surface area contributed by atoms with E-state index in [4.69, 9.17) is 33.7 Å². The first kappa shape index (κ1) is 28.1. The lowest BCUT2D eigenvalue weighted by Gasteiger charge is -2.27. The number of benzene rings is 1. The number of hydrogen-bond donors (Lipinski definition) is 3. The van der Waals surface area contributed by atoms with Crippen LogP contribution in [-0.4, -0.2) is 62.6 Å². The highest BCUT2D eigenvalue weighted by Crippen LogP contribution is 2.25. The van der Waals surface area contributed by atoms with Crippen LogP contribution in [0.3, 0.4) is 0 Å². The molecule has 2 amide bonds. The van der Waals surface area contributed by atoms with Crippen molar-refractivity contribution in [3.8, 4) is 0 Å². The van der Waals surface area contributed by atoms with Crippen LogP contribution in [0, 0.1) is 0 Å². The van der Waals surface area contributed by atoms with Gasteiger partial charge in [-0.1, -0.05) is 35.3 Å². The van der Waals surface area contributed by atoms with Gasteiger partial charge >= 0.3 is 5.97 Å². The zero-order valence-electron chi connectivity index (χ0n) is 17.5. The summed E-state index contributed by atoms with van der Waals surface area (Å²) in [7, 11) is -3.48. The highest BCUT2D eigenvalue weighted by Gasteiger charge is 2.30. The van der Waals surface area contributed by atoms with Gasteiger partial charge in [-0.2, -0.15) is 0 Å². The minimum absolute atomic E-state index is 0.0126. The molecule has 3 atom stereocenters. The van der Waals surface area contributed by atoms with Crippen molar-refractivity contribution in [2.45, 2.75) is 47.7 Å². The minimum Gasteiger partial charge on any atom is -0.455 e. The first-order valence-corrected chi connectivity index (χ1v) is 12.3. The molecular weight excluding hydrogens is 488 g/mol. The van der Waals surface area contributed by atoms with Crippen molar-refractivity contribution in [1.82, 2.24) is 10.6 Å². The number of nitrogens with one attached hydrogen (secondary N) is 2. The van der Waals surface area contributed by atoms with E-state index in [0.717, 1.165) is 6.26 Å². The number of hydrogen-bond acceptors (Lipinski definition) is 7. The van der Waals surface area contributed by atoms with Gasteiger partial charge in [0.25, 0.3) is 5.91 Å². The largest absolute Gasteiger partial charge is 0.455 e. The van der Waals surface area contributed by atoms with Crippen LogP contribution >= 0.6 is 23.2 Å². The summed E-state index contributed by atoms with van der Waals surface area (Å²) in [5.74, 6) is -1.99. The fourth-order valence-corrected chi connectivity index (χ4v) is 3.29. The molecule has 9 nitrogen and oxygen atoms in total. The van der Waals surface area contributed by atoms with Crippen molar-refractivity contribution in [3.05, 3.63) is 29.8 Å². The highest BCUT2D eigenvalue weighted by atomic mass is 35.5. The standard InChI is InChI=1S/C19H26Cl2FN3O6S/c1-11(23)18(27)24-9-3-4-15(26)31-16(14(10-22)25-19(28)17(20)21)12-5-7-13(8-6-12)32(2,29)30/h5-8,11,14,16-17H,3-4,9-10,23H2,1-2H3,(H,24,27)(H,25,28). The van der Waals surface area contributed by atoms with Gasteiger partial charge in [-0.15, -0.1) is 0 Å². The second-order valence-electron chi connectivity index (χ2n) is 7.00. The molecule has 0 radical (unpaired) electrons. The Hall–Kier alpha value is -1.95. The van der Waals surface area contributed by atoms with Crippen LogP contribution < -0.4 is 16.4 Å². The topological polar surface area (TPSA) is 145 Å². The molecule has 3 unspecified atom stereocenters. The zero-order chi connectivity index (χ0) is 24.5. The summed E-state index contributed by atoms with van der Waals surface area (Å²) < 4.78 is 42.5. The predicted molar refractivity (Wildman–Crippen MR) is 118 cm³/mol.